The second-order valence-corrected chi connectivity index (χ2v) is 10.6. The fraction of sp³-hybridized carbons (Fsp3) is 0.520. The Morgan fingerprint density at radius 3 is 2.34 bits per heavy atom. The monoisotopic (exact) mass is 557 g/mol. The molecule has 2 N–H and O–H groups in total. The Hall–Kier alpha value is -3.15. The minimum Gasteiger partial charge on any atom is -0.459 e. The third-order valence-corrected chi connectivity index (χ3v) is 7.06. The molecular formula is C25H28ClF4N5O3. The van der Waals surface area contributed by atoms with Crippen LogP contribution < -0.4 is 20.3 Å². The molecule has 8 nitrogen and oxygen atoms in total. The van der Waals surface area contributed by atoms with Crippen molar-refractivity contribution >= 4 is 29.2 Å². The Morgan fingerprint density at radius 2 is 1.79 bits per heavy atom. The maximum atomic E-state index is 14.1. The molecule has 0 spiro atoms. The second-order valence-electron chi connectivity index (χ2n) is 10.1. The molecule has 4 rings (SSSR count). The van der Waals surface area contributed by atoms with Gasteiger partial charge in [0.25, 0.3) is 17.7 Å². The van der Waals surface area contributed by atoms with Crippen LogP contribution in [0.15, 0.2) is 30.6 Å². The van der Waals surface area contributed by atoms with Crippen molar-refractivity contribution in [1.82, 2.24) is 20.6 Å². The number of carbonyl (C=O) groups is 2. The lowest BCUT2D eigenvalue weighted by atomic mass is 9.96. The summed E-state index contributed by atoms with van der Waals surface area (Å²) in [5.41, 5.74) is -1.35. The summed E-state index contributed by atoms with van der Waals surface area (Å²) >= 11 is 5.72. The zero-order valence-electron chi connectivity index (χ0n) is 21.0. The lowest BCUT2D eigenvalue weighted by Crippen LogP contribution is -2.55. The molecule has 206 valence electrons. The van der Waals surface area contributed by atoms with Gasteiger partial charge in [-0.15, -0.1) is 0 Å². The van der Waals surface area contributed by atoms with Crippen LogP contribution in [0, 0.1) is 5.82 Å². The maximum absolute atomic E-state index is 14.1. The molecule has 4 heterocycles. The summed E-state index contributed by atoms with van der Waals surface area (Å²) in [5.74, 6) is -1.73. The molecule has 0 aromatic carbocycles. The van der Waals surface area contributed by atoms with Crippen LogP contribution in [0.5, 0.6) is 5.88 Å². The lowest BCUT2D eigenvalue weighted by molar-refractivity contribution is -0.149. The van der Waals surface area contributed by atoms with Crippen LogP contribution in [0.25, 0.3) is 0 Å². The van der Waals surface area contributed by atoms with Crippen LogP contribution >= 0.6 is 11.6 Å². The van der Waals surface area contributed by atoms with Crippen LogP contribution in [-0.4, -0.2) is 57.7 Å². The van der Waals surface area contributed by atoms with Crippen molar-refractivity contribution in [2.24, 2.45) is 0 Å². The van der Waals surface area contributed by atoms with Gasteiger partial charge in [-0.25, -0.2) is 14.4 Å². The Morgan fingerprint density at radius 1 is 1.13 bits per heavy atom. The number of hydrogen-bond acceptors (Lipinski definition) is 6. The molecular weight excluding hydrogens is 530 g/mol. The lowest BCUT2D eigenvalue weighted by Gasteiger charge is -2.40. The summed E-state index contributed by atoms with van der Waals surface area (Å²) in [6.45, 7) is 3.93. The summed E-state index contributed by atoms with van der Waals surface area (Å²) in [7, 11) is 0. The fourth-order valence-electron chi connectivity index (χ4n) is 4.83. The first-order valence-corrected chi connectivity index (χ1v) is 12.6. The van der Waals surface area contributed by atoms with Gasteiger partial charge in [-0.05, 0) is 64.7 Å². The molecule has 0 radical (unpaired) electrons. The van der Waals surface area contributed by atoms with E-state index in [1.165, 1.54) is 32.3 Å². The smallest absolute Gasteiger partial charge is 0.408 e. The third kappa shape index (κ3) is 6.11. The molecule has 0 saturated carbocycles. The van der Waals surface area contributed by atoms with Crippen LogP contribution in [0.1, 0.15) is 56.8 Å². The predicted molar refractivity (Wildman–Crippen MR) is 132 cm³/mol. The maximum Gasteiger partial charge on any atom is 0.408 e. The fourth-order valence-corrected chi connectivity index (χ4v) is 4.97. The number of carbonyl (C=O) groups excluding carboxylic acids is 2. The van der Waals surface area contributed by atoms with E-state index in [0.29, 0.717) is 18.7 Å². The van der Waals surface area contributed by atoms with Crippen LogP contribution in [0.3, 0.4) is 0 Å². The number of rotatable bonds is 7. The van der Waals surface area contributed by atoms with Crippen molar-refractivity contribution in [2.45, 2.75) is 82.4 Å². The molecule has 1 unspecified atom stereocenters. The van der Waals surface area contributed by atoms with E-state index >= 15 is 0 Å². The zero-order chi connectivity index (χ0) is 27.8. The number of alkyl halides is 3. The van der Waals surface area contributed by atoms with Gasteiger partial charge in [-0.2, -0.15) is 13.2 Å². The van der Waals surface area contributed by atoms with Gasteiger partial charge in [-0.1, -0.05) is 11.6 Å². The van der Waals surface area contributed by atoms with Gasteiger partial charge in [0.15, 0.2) is 11.4 Å². The molecule has 2 aliphatic heterocycles. The van der Waals surface area contributed by atoms with Gasteiger partial charge in [0.05, 0.1) is 10.6 Å². The first-order valence-electron chi connectivity index (χ1n) is 12.2. The van der Waals surface area contributed by atoms with E-state index in [1.807, 2.05) is 5.32 Å². The number of piperidine rings is 1. The number of nitrogens with zero attached hydrogens (tertiary/aromatic N) is 3. The van der Waals surface area contributed by atoms with E-state index in [1.54, 1.807) is 6.07 Å². The number of aromatic nitrogens is 2. The van der Waals surface area contributed by atoms with Gasteiger partial charge in [0.2, 0.25) is 0 Å². The Labute approximate surface area is 222 Å². The minimum absolute atomic E-state index is 0.0354. The van der Waals surface area contributed by atoms with Crippen molar-refractivity contribution in [3.8, 4) is 5.88 Å². The molecule has 2 fully saturated rings. The second kappa shape index (κ2) is 10.5. The summed E-state index contributed by atoms with van der Waals surface area (Å²) in [6, 6.07) is 2.18. The van der Waals surface area contributed by atoms with Gasteiger partial charge in [0.1, 0.15) is 11.9 Å². The zero-order valence-corrected chi connectivity index (χ0v) is 21.7. The molecule has 2 aromatic rings. The van der Waals surface area contributed by atoms with Crippen LogP contribution in [0.2, 0.25) is 5.02 Å². The van der Waals surface area contributed by atoms with E-state index in [4.69, 9.17) is 16.3 Å². The van der Waals surface area contributed by atoms with Crippen molar-refractivity contribution in [1.29, 1.82) is 0 Å². The van der Waals surface area contributed by atoms with Gasteiger partial charge >= 0.3 is 6.18 Å². The first-order chi connectivity index (χ1) is 17.7. The van der Waals surface area contributed by atoms with E-state index in [9.17, 15) is 27.2 Å². The highest BCUT2D eigenvalue weighted by Crippen LogP contribution is 2.39. The highest BCUT2D eigenvalue weighted by molar-refractivity contribution is 6.30. The predicted octanol–water partition coefficient (Wildman–Crippen LogP) is 4.42. The average molecular weight is 558 g/mol. The number of pyridine rings is 2. The molecule has 2 bridgehead atoms. The van der Waals surface area contributed by atoms with E-state index in [0.717, 1.165) is 25.8 Å². The number of halogens is 5. The van der Waals surface area contributed by atoms with Crippen molar-refractivity contribution in [3.05, 3.63) is 47.0 Å². The number of hydrogen-bond donors (Lipinski definition) is 2. The van der Waals surface area contributed by atoms with E-state index < -0.39 is 35.5 Å². The molecule has 38 heavy (non-hydrogen) atoms. The summed E-state index contributed by atoms with van der Waals surface area (Å²) in [5, 5.41) is 5.04. The molecule has 2 amide bonds. The summed E-state index contributed by atoms with van der Waals surface area (Å²) in [4.78, 5) is 35.4. The molecule has 2 saturated heterocycles. The topological polar surface area (TPSA) is 96.5 Å². The summed E-state index contributed by atoms with van der Waals surface area (Å²) < 4.78 is 57.9. The highest BCUT2D eigenvalue weighted by Gasteiger charge is 2.43. The molecule has 13 heteroatoms. The van der Waals surface area contributed by atoms with E-state index in [2.05, 4.69) is 20.2 Å². The minimum atomic E-state index is -4.54. The number of ether oxygens (including phenoxy) is 1. The van der Waals surface area contributed by atoms with Crippen molar-refractivity contribution in [3.63, 3.8) is 0 Å². The average Bonchev–Trinajstić information content (AvgIpc) is 3.10. The van der Waals surface area contributed by atoms with Crippen molar-refractivity contribution < 1.29 is 31.9 Å². The molecule has 0 aliphatic carbocycles. The number of amides is 2. The Bertz CT molecular complexity index is 1180. The standard InChI is InChI=1S/C25H28ClF4N5O3/c1-13(25(28,29)30)33-21(36)14-4-7-20(31-11-14)35-17-5-6-18(35)10-16(9-17)34-23(37)24(2,3)38-22-19(27)8-15(26)12-32-22/h4,7-8,11-13,16-18H,5-6,9-10H2,1-3H3,(H,33,36)(H,34,37)/t13-,16?,17-,18+/m0/s1. The quantitative estimate of drug-likeness (QED) is 0.489. The number of anilines is 1. The number of fused-ring (bicyclic) bond motifs is 2. The molecule has 2 aromatic heterocycles. The van der Waals surface area contributed by atoms with Gasteiger partial charge in [-0.3, -0.25) is 9.59 Å². The van der Waals surface area contributed by atoms with E-state index in [-0.39, 0.29) is 34.6 Å². The van der Waals surface area contributed by atoms with Crippen LogP contribution in [0.4, 0.5) is 23.4 Å². The van der Waals surface area contributed by atoms with Crippen LogP contribution in [-0.2, 0) is 4.79 Å². The summed E-state index contributed by atoms with van der Waals surface area (Å²) in [6.07, 6.45) is 1.000. The van der Waals surface area contributed by atoms with Crippen molar-refractivity contribution in [2.75, 3.05) is 4.90 Å². The van der Waals surface area contributed by atoms with Gasteiger partial charge < -0.3 is 20.3 Å². The molecule has 2 aliphatic rings. The number of nitrogens with one attached hydrogen (secondary N) is 2. The molecule has 4 atom stereocenters. The Balaban J connectivity index is 1.36. The first kappa shape index (κ1) is 27.9. The highest BCUT2D eigenvalue weighted by atomic mass is 35.5. The van der Waals surface area contributed by atoms with Gasteiger partial charge in [0, 0.05) is 30.5 Å². The normalized spacial score (nSPS) is 22.1. The largest absolute Gasteiger partial charge is 0.459 e. The Kier molecular flexibility index (Phi) is 7.74. The third-order valence-electron chi connectivity index (χ3n) is 6.85. The SMILES string of the molecule is C[C@H](NC(=O)c1ccc(N2[C@@H]3CC[C@H]2CC(NC(=O)C(C)(C)Oc2ncc(Cl)cc2F)C3)nc1)C(F)(F)F.